The molecule has 0 fully saturated rings. The zero-order valence-corrected chi connectivity index (χ0v) is 6.03. The van der Waals surface area contributed by atoms with E-state index in [9.17, 15) is 36.2 Å². The predicted molar refractivity (Wildman–Crippen MR) is 27.7 cm³/mol. The lowest BCUT2D eigenvalue weighted by molar-refractivity contribution is -0.263. The smallest absolute Gasteiger partial charge is 0.473 e. The number of alkyl halides is 6. The molecule has 0 aromatic heterocycles. The Morgan fingerprint density at radius 3 is 1.79 bits per heavy atom. The molecule has 4 nitrogen and oxygen atoms in total. The van der Waals surface area contributed by atoms with Crippen molar-refractivity contribution in [3.05, 3.63) is 0 Å². The number of carbonyl (C=O) groups excluding carboxylic acids is 1. The van der Waals surface area contributed by atoms with E-state index in [2.05, 4.69) is 0 Å². The second kappa shape index (κ2) is 3.72. The average molecular weight is 223 g/mol. The molecule has 10 heteroatoms. The molecule has 0 radical (unpaired) electrons. The first kappa shape index (κ1) is 12.5. The van der Waals surface area contributed by atoms with Crippen molar-refractivity contribution in [1.29, 1.82) is 0 Å². The molecule has 0 saturated heterocycles. The normalized spacial score (nSPS) is 14.0. The van der Waals surface area contributed by atoms with Crippen molar-refractivity contribution >= 4 is 11.8 Å². The molecule has 0 aliphatic carbocycles. The van der Waals surface area contributed by atoms with E-state index in [0.717, 1.165) is 0 Å². The van der Waals surface area contributed by atoms with Gasteiger partial charge < -0.3 is 5.11 Å². The number of nitrogens with one attached hydrogen (secondary N) is 1. The van der Waals surface area contributed by atoms with Crippen LogP contribution in [0.4, 0.5) is 26.3 Å². The zero-order valence-electron chi connectivity index (χ0n) is 6.03. The summed E-state index contributed by atoms with van der Waals surface area (Å²) in [5.74, 6) is -5.58. The summed E-state index contributed by atoms with van der Waals surface area (Å²) in [6.45, 7) is 0. The molecular formula is C4HF6N2O2-. The number of halogens is 6. The molecule has 14 heavy (non-hydrogen) atoms. The van der Waals surface area contributed by atoms with E-state index in [1.54, 1.807) is 5.10 Å². The minimum atomic E-state index is -5.42. The third-order valence-electron chi connectivity index (χ3n) is 0.759. The fraction of sp³-hybridized carbons (Fsp3) is 0.500. The van der Waals surface area contributed by atoms with Gasteiger partial charge in [-0.25, -0.2) is 5.43 Å². The molecule has 0 atom stereocenters. The zero-order chi connectivity index (χ0) is 11.6. The Balaban J connectivity index is 4.39. The second-order valence-corrected chi connectivity index (χ2v) is 1.85. The van der Waals surface area contributed by atoms with Gasteiger partial charge in [0.25, 0.3) is 0 Å². The molecule has 0 aromatic rings. The molecule has 0 spiro atoms. The molecule has 0 rings (SSSR count). The average Bonchev–Trinajstić information content (AvgIpc) is 1.95. The van der Waals surface area contributed by atoms with Crippen LogP contribution in [0.3, 0.4) is 0 Å². The van der Waals surface area contributed by atoms with E-state index < -0.39 is 24.2 Å². The van der Waals surface area contributed by atoms with Gasteiger partial charge in [0.1, 0.15) is 0 Å². The van der Waals surface area contributed by atoms with Crippen LogP contribution in [0.25, 0.3) is 0 Å². The summed E-state index contributed by atoms with van der Waals surface area (Å²) in [6, 6.07) is 0. The van der Waals surface area contributed by atoms with E-state index in [1.165, 1.54) is 0 Å². The van der Waals surface area contributed by atoms with E-state index >= 15 is 0 Å². The van der Waals surface area contributed by atoms with Crippen LogP contribution in [0, 0.1) is 0 Å². The monoisotopic (exact) mass is 223 g/mol. The Hall–Kier alpha value is -1.48. The minimum absolute atomic E-state index is 0.420. The van der Waals surface area contributed by atoms with E-state index in [1.807, 2.05) is 0 Å². The quantitative estimate of drug-likeness (QED) is 0.292. The summed E-state index contributed by atoms with van der Waals surface area (Å²) < 4.78 is 68.0. The molecule has 0 saturated carbocycles. The number of hydrogen-bond acceptors (Lipinski definition) is 3. The Morgan fingerprint density at radius 2 is 1.50 bits per heavy atom. The molecule has 0 heterocycles. The van der Waals surface area contributed by atoms with Crippen LogP contribution in [0.1, 0.15) is 0 Å². The second-order valence-electron chi connectivity index (χ2n) is 1.85. The van der Waals surface area contributed by atoms with Gasteiger partial charge in [0.05, 0.1) is 5.90 Å². The molecule has 0 bridgehead atoms. The van der Waals surface area contributed by atoms with Crippen molar-refractivity contribution in [1.82, 2.24) is 5.43 Å². The summed E-state index contributed by atoms with van der Waals surface area (Å²) >= 11 is 0. The van der Waals surface area contributed by atoms with Crippen molar-refractivity contribution in [2.45, 2.75) is 12.4 Å². The van der Waals surface area contributed by atoms with Gasteiger partial charge in [0.15, 0.2) is 0 Å². The Kier molecular flexibility index (Phi) is 3.32. The van der Waals surface area contributed by atoms with Gasteiger partial charge in [-0.2, -0.15) is 31.4 Å². The number of amides is 1. The van der Waals surface area contributed by atoms with Crippen molar-refractivity contribution in [3.8, 4) is 0 Å². The van der Waals surface area contributed by atoms with Crippen LogP contribution in [0.2, 0.25) is 0 Å². The summed E-state index contributed by atoms with van der Waals surface area (Å²) in [4.78, 5) is 9.85. The highest BCUT2D eigenvalue weighted by atomic mass is 19.4. The topological polar surface area (TPSA) is 64.5 Å². The number of nitrogens with zero attached hydrogens (tertiary/aromatic N) is 1. The third kappa shape index (κ3) is 3.96. The van der Waals surface area contributed by atoms with Crippen molar-refractivity contribution in [3.63, 3.8) is 0 Å². The summed E-state index contributed by atoms with van der Waals surface area (Å²) in [5.41, 5.74) is 0.420. The first-order chi connectivity index (χ1) is 6.05. The largest absolute Gasteiger partial charge is 0.854 e. The van der Waals surface area contributed by atoms with Gasteiger partial charge in [-0.1, -0.05) is 0 Å². The SMILES string of the molecule is O=C(NN=C([O-])C(F)(F)F)C(F)(F)F. The molecular weight excluding hydrogens is 222 g/mol. The molecule has 1 amide bonds. The summed E-state index contributed by atoms with van der Waals surface area (Å²) in [6.07, 6.45) is -10.8. The lowest BCUT2D eigenvalue weighted by Gasteiger charge is -2.13. The Labute approximate surface area is 72.2 Å². The first-order valence-electron chi connectivity index (χ1n) is 2.74. The lowest BCUT2D eigenvalue weighted by atomic mass is 10.6. The third-order valence-corrected chi connectivity index (χ3v) is 0.759. The van der Waals surface area contributed by atoms with E-state index in [4.69, 9.17) is 0 Å². The lowest BCUT2D eigenvalue weighted by Crippen LogP contribution is -2.40. The van der Waals surface area contributed by atoms with Gasteiger partial charge in [0, 0.05) is 0 Å². The van der Waals surface area contributed by atoms with Crippen molar-refractivity contribution in [2.75, 3.05) is 0 Å². The Morgan fingerprint density at radius 1 is 1.07 bits per heavy atom. The highest BCUT2D eigenvalue weighted by Gasteiger charge is 2.39. The fourth-order valence-corrected chi connectivity index (χ4v) is 0.228. The maximum Gasteiger partial charge on any atom is 0.473 e. The van der Waals surface area contributed by atoms with Gasteiger partial charge in [-0.05, 0) is 0 Å². The van der Waals surface area contributed by atoms with Crippen LogP contribution in [-0.4, -0.2) is 24.2 Å². The van der Waals surface area contributed by atoms with Crippen LogP contribution in [0.15, 0.2) is 5.10 Å². The van der Waals surface area contributed by atoms with Crippen LogP contribution in [-0.2, 0) is 4.79 Å². The van der Waals surface area contributed by atoms with Crippen molar-refractivity contribution < 1.29 is 36.2 Å². The Bertz CT molecular complexity index is 254. The maximum absolute atomic E-state index is 11.3. The fourth-order valence-electron chi connectivity index (χ4n) is 0.228. The highest BCUT2D eigenvalue weighted by molar-refractivity contribution is 5.84. The standard InChI is InChI=1S/C4H2F6N2O2/c5-3(6,7)1(13)11-12-2(14)4(8,9)10/h(H,11,13)(H,12,14)/p-1. The number of hydrogen-bond donors (Lipinski definition) is 1. The molecule has 0 unspecified atom stereocenters. The molecule has 82 valence electrons. The van der Waals surface area contributed by atoms with Crippen LogP contribution < -0.4 is 10.5 Å². The van der Waals surface area contributed by atoms with E-state index in [0.29, 0.717) is 5.43 Å². The van der Waals surface area contributed by atoms with Crippen LogP contribution in [0.5, 0.6) is 0 Å². The van der Waals surface area contributed by atoms with Crippen LogP contribution >= 0.6 is 0 Å². The molecule has 1 N–H and O–H groups in total. The number of carbonyl (C=O) groups is 1. The molecule has 0 aromatic carbocycles. The summed E-state index contributed by atoms with van der Waals surface area (Å²) in [5, 5.41) is 11.5. The number of hydrazone groups is 1. The minimum Gasteiger partial charge on any atom is -0.854 e. The molecule has 0 aliphatic heterocycles. The molecule has 0 aliphatic rings. The van der Waals surface area contributed by atoms with Gasteiger partial charge in [0.2, 0.25) is 0 Å². The highest BCUT2D eigenvalue weighted by Crippen LogP contribution is 2.15. The van der Waals surface area contributed by atoms with Crippen molar-refractivity contribution in [2.24, 2.45) is 5.10 Å². The van der Waals surface area contributed by atoms with Gasteiger partial charge in [-0.3, -0.25) is 4.79 Å². The van der Waals surface area contributed by atoms with Gasteiger partial charge >= 0.3 is 18.3 Å². The first-order valence-corrected chi connectivity index (χ1v) is 2.74. The predicted octanol–water partition coefficient (Wildman–Crippen LogP) is -0.0990. The summed E-state index contributed by atoms with van der Waals surface area (Å²) in [7, 11) is 0. The van der Waals surface area contributed by atoms with Gasteiger partial charge in [-0.15, -0.1) is 0 Å². The maximum atomic E-state index is 11.3. The number of rotatable bonds is 1. The van der Waals surface area contributed by atoms with E-state index in [-0.39, 0.29) is 0 Å².